The molecule has 0 saturated carbocycles. The summed E-state index contributed by atoms with van der Waals surface area (Å²) in [6.45, 7) is 11.8. The smallest absolute Gasteiger partial charge is 0.308 e. The zero-order chi connectivity index (χ0) is 20.8. The van der Waals surface area contributed by atoms with E-state index in [1.54, 1.807) is 0 Å². The number of carbonyl (C=O) groups is 1. The van der Waals surface area contributed by atoms with E-state index >= 15 is 0 Å². The SMILES string of the molecule is CNc1ccccc1O/C(C)=C/c1cc(C(C)C)c(OC(C)=O)c(C(C)C)c1. The maximum atomic E-state index is 11.6. The van der Waals surface area contributed by atoms with Gasteiger partial charge in [0.25, 0.3) is 0 Å². The molecule has 2 rings (SSSR count). The van der Waals surface area contributed by atoms with Gasteiger partial charge in [0.1, 0.15) is 17.3 Å². The Morgan fingerprint density at radius 1 is 0.964 bits per heavy atom. The van der Waals surface area contributed by atoms with Crippen LogP contribution in [-0.2, 0) is 4.79 Å². The molecule has 0 atom stereocenters. The molecule has 0 saturated heterocycles. The number of hydrogen-bond donors (Lipinski definition) is 1. The van der Waals surface area contributed by atoms with E-state index in [0.29, 0.717) is 5.75 Å². The van der Waals surface area contributed by atoms with Crippen molar-refractivity contribution in [3.8, 4) is 11.5 Å². The highest BCUT2D eigenvalue weighted by atomic mass is 16.5. The Balaban J connectivity index is 2.47. The second-order valence-corrected chi connectivity index (χ2v) is 7.53. The molecule has 150 valence electrons. The van der Waals surface area contributed by atoms with Crippen LogP contribution >= 0.6 is 0 Å². The van der Waals surface area contributed by atoms with Gasteiger partial charge in [0.15, 0.2) is 0 Å². The number of carbonyl (C=O) groups excluding carboxylic acids is 1. The fourth-order valence-electron chi connectivity index (χ4n) is 3.10. The van der Waals surface area contributed by atoms with Gasteiger partial charge in [-0.1, -0.05) is 39.8 Å². The second kappa shape index (κ2) is 9.45. The van der Waals surface area contributed by atoms with Crippen molar-refractivity contribution in [3.63, 3.8) is 0 Å². The largest absolute Gasteiger partial charge is 0.460 e. The highest BCUT2D eigenvalue weighted by Gasteiger charge is 2.18. The minimum atomic E-state index is -0.296. The van der Waals surface area contributed by atoms with E-state index in [9.17, 15) is 4.79 Å². The van der Waals surface area contributed by atoms with Crippen molar-refractivity contribution in [2.24, 2.45) is 0 Å². The van der Waals surface area contributed by atoms with Gasteiger partial charge in [0.05, 0.1) is 5.69 Å². The topological polar surface area (TPSA) is 47.6 Å². The van der Waals surface area contributed by atoms with E-state index in [1.165, 1.54) is 6.92 Å². The van der Waals surface area contributed by atoms with E-state index in [0.717, 1.165) is 33.9 Å². The van der Waals surface area contributed by atoms with Crippen LogP contribution in [0, 0.1) is 0 Å². The molecule has 0 aliphatic rings. The quantitative estimate of drug-likeness (QED) is 0.345. The van der Waals surface area contributed by atoms with Crippen LogP contribution in [0.5, 0.6) is 11.5 Å². The number of ether oxygens (including phenoxy) is 2. The van der Waals surface area contributed by atoms with Gasteiger partial charge in [0, 0.05) is 14.0 Å². The van der Waals surface area contributed by atoms with Crippen LogP contribution < -0.4 is 14.8 Å². The summed E-state index contributed by atoms with van der Waals surface area (Å²) in [5.74, 6) is 2.41. The van der Waals surface area contributed by atoms with Crippen molar-refractivity contribution in [1.82, 2.24) is 0 Å². The third-order valence-corrected chi connectivity index (χ3v) is 4.46. The molecule has 0 unspecified atom stereocenters. The molecule has 1 N–H and O–H groups in total. The number of esters is 1. The minimum Gasteiger partial charge on any atom is -0.460 e. The monoisotopic (exact) mass is 381 g/mol. The van der Waals surface area contributed by atoms with Crippen LogP contribution in [0.4, 0.5) is 5.69 Å². The first-order chi connectivity index (χ1) is 13.2. The predicted molar refractivity (Wildman–Crippen MR) is 116 cm³/mol. The van der Waals surface area contributed by atoms with Gasteiger partial charge >= 0.3 is 5.97 Å². The maximum Gasteiger partial charge on any atom is 0.308 e. The van der Waals surface area contributed by atoms with Crippen LogP contribution in [0.3, 0.4) is 0 Å². The molecule has 4 heteroatoms. The Morgan fingerprint density at radius 2 is 1.54 bits per heavy atom. The molecule has 0 radical (unpaired) electrons. The van der Waals surface area contributed by atoms with Gasteiger partial charge in [-0.3, -0.25) is 4.79 Å². The molecule has 0 aromatic heterocycles. The highest BCUT2D eigenvalue weighted by molar-refractivity contribution is 5.72. The lowest BCUT2D eigenvalue weighted by Crippen LogP contribution is -2.09. The molecule has 0 spiro atoms. The number of rotatable bonds is 7. The first-order valence-electron chi connectivity index (χ1n) is 9.72. The number of hydrogen-bond acceptors (Lipinski definition) is 4. The molecule has 0 amide bonds. The molecular formula is C24H31NO3. The third-order valence-electron chi connectivity index (χ3n) is 4.46. The third kappa shape index (κ3) is 5.38. The summed E-state index contributed by atoms with van der Waals surface area (Å²) in [5.41, 5.74) is 4.01. The van der Waals surface area contributed by atoms with Gasteiger partial charge < -0.3 is 14.8 Å². The van der Waals surface area contributed by atoms with Gasteiger partial charge in [-0.25, -0.2) is 0 Å². The van der Waals surface area contributed by atoms with Gasteiger partial charge in [0.2, 0.25) is 0 Å². The Kier molecular flexibility index (Phi) is 7.27. The van der Waals surface area contributed by atoms with Crippen molar-refractivity contribution in [3.05, 3.63) is 58.8 Å². The Bertz CT molecular complexity index is 837. The van der Waals surface area contributed by atoms with E-state index in [1.807, 2.05) is 44.3 Å². The number of anilines is 1. The first kappa shape index (κ1) is 21.5. The van der Waals surface area contributed by atoms with E-state index < -0.39 is 0 Å². The molecule has 2 aromatic carbocycles. The van der Waals surface area contributed by atoms with Gasteiger partial charge in [-0.05, 0) is 65.8 Å². The van der Waals surface area contributed by atoms with Crippen molar-refractivity contribution >= 4 is 17.7 Å². The number of benzene rings is 2. The predicted octanol–water partition coefficient (Wildman–Crippen LogP) is 6.34. The molecule has 28 heavy (non-hydrogen) atoms. The van der Waals surface area contributed by atoms with Crippen LogP contribution in [0.2, 0.25) is 0 Å². The molecule has 0 aliphatic carbocycles. The Morgan fingerprint density at radius 3 is 2.04 bits per heavy atom. The first-order valence-corrected chi connectivity index (χ1v) is 9.72. The van der Waals surface area contributed by atoms with Gasteiger partial charge in [-0.15, -0.1) is 0 Å². The molecule has 2 aromatic rings. The lowest BCUT2D eigenvalue weighted by molar-refractivity contribution is -0.132. The lowest BCUT2D eigenvalue weighted by Gasteiger charge is -2.20. The summed E-state index contributed by atoms with van der Waals surface area (Å²) in [7, 11) is 1.87. The Labute approximate surface area is 168 Å². The van der Waals surface area contributed by atoms with Crippen LogP contribution in [-0.4, -0.2) is 13.0 Å². The molecular weight excluding hydrogens is 350 g/mol. The molecule has 0 bridgehead atoms. The average Bonchev–Trinajstić information content (AvgIpc) is 2.62. The molecule has 4 nitrogen and oxygen atoms in total. The van der Waals surface area contributed by atoms with Crippen molar-refractivity contribution in [2.45, 2.75) is 53.4 Å². The second-order valence-electron chi connectivity index (χ2n) is 7.53. The summed E-state index contributed by atoms with van der Waals surface area (Å²) in [6, 6.07) is 12.0. The van der Waals surface area contributed by atoms with E-state index in [2.05, 4.69) is 45.1 Å². The molecule has 0 aliphatic heterocycles. The molecule has 0 heterocycles. The number of allylic oxidation sites excluding steroid dienone is 1. The van der Waals surface area contributed by atoms with Crippen LogP contribution in [0.25, 0.3) is 6.08 Å². The lowest BCUT2D eigenvalue weighted by atomic mass is 9.91. The van der Waals surface area contributed by atoms with E-state index in [4.69, 9.17) is 9.47 Å². The normalized spacial score (nSPS) is 11.7. The average molecular weight is 382 g/mol. The Hall–Kier alpha value is -2.75. The fraction of sp³-hybridized carbons (Fsp3) is 0.375. The van der Waals surface area contributed by atoms with Crippen molar-refractivity contribution in [2.75, 3.05) is 12.4 Å². The zero-order valence-corrected chi connectivity index (χ0v) is 17.9. The van der Waals surface area contributed by atoms with Crippen LogP contribution in [0.1, 0.15) is 70.1 Å². The summed E-state index contributed by atoms with van der Waals surface area (Å²) in [5, 5.41) is 3.14. The van der Waals surface area contributed by atoms with Crippen molar-refractivity contribution < 1.29 is 14.3 Å². The highest BCUT2D eigenvalue weighted by Crippen LogP contribution is 2.37. The fourth-order valence-corrected chi connectivity index (χ4v) is 3.10. The van der Waals surface area contributed by atoms with Gasteiger partial charge in [-0.2, -0.15) is 0 Å². The standard InChI is InChI=1S/C24H31NO3/c1-15(2)20-13-19(14-21(16(3)4)24(20)28-18(6)26)12-17(5)27-23-11-9-8-10-22(23)25-7/h8-16,25H,1-7H3/b17-12+. The number of nitrogens with one attached hydrogen (secondary N) is 1. The summed E-state index contributed by atoms with van der Waals surface area (Å²) >= 11 is 0. The maximum absolute atomic E-state index is 11.6. The minimum absolute atomic E-state index is 0.228. The summed E-state index contributed by atoms with van der Waals surface area (Å²) < 4.78 is 11.6. The zero-order valence-electron chi connectivity index (χ0n) is 17.9. The van der Waals surface area contributed by atoms with Crippen molar-refractivity contribution in [1.29, 1.82) is 0 Å². The van der Waals surface area contributed by atoms with Crippen LogP contribution in [0.15, 0.2) is 42.2 Å². The summed E-state index contributed by atoms with van der Waals surface area (Å²) in [6.07, 6.45) is 2.02. The molecule has 0 fully saturated rings. The number of para-hydroxylation sites is 2. The summed E-state index contributed by atoms with van der Waals surface area (Å²) in [4.78, 5) is 11.6. The van der Waals surface area contributed by atoms with E-state index in [-0.39, 0.29) is 17.8 Å².